The molecule has 19 heavy (non-hydrogen) atoms. The highest BCUT2D eigenvalue weighted by Gasteiger charge is 2.10. The smallest absolute Gasteiger partial charge is 0.167 e. The molecule has 0 saturated heterocycles. The SMILES string of the molecule is CC(C)n1ccc(COc2cc(F)c(N)cc2F)n1. The first-order valence-electron chi connectivity index (χ1n) is 5.88. The minimum atomic E-state index is -0.705. The van der Waals surface area contributed by atoms with Gasteiger partial charge < -0.3 is 10.5 Å². The first-order valence-corrected chi connectivity index (χ1v) is 5.88. The standard InChI is InChI=1S/C13H15F2N3O/c1-8(2)18-4-3-9(17-18)7-19-13-6-10(14)12(16)5-11(13)15/h3-6,8H,7,16H2,1-2H3. The summed E-state index contributed by atoms with van der Waals surface area (Å²) in [7, 11) is 0. The van der Waals surface area contributed by atoms with Crippen molar-refractivity contribution in [3.05, 3.63) is 41.7 Å². The highest BCUT2D eigenvalue weighted by molar-refractivity contribution is 5.44. The molecule has 1 aromatic heterocycles. The molecular formula is C13H15F2N3O. The molecule has 0 bridgehead atoms. The predicted molar refractivity (Wildman–Crippen MR) is 67.7 cm³/mol. The summed E-state index contributed by atoms with van der Waals surface area (Å²) < 4.78 is 33.6. The number of nitrogens with two attached hydrogens (primary N) is 1. The van der Waals surface area contributed by atoms with Gasteiger partial charge in [0.1, 0.15) is 12.4 Å². The van der Waals surface area contributed by atoms with Gasteiger partial charge in [0.2, 0.25) is 0 Å². The van der Waals surface area contributed by atoms with Crippen LogP contribution in [0.1, 0.15) is 25.6 Å². The Labute approximate surface area is 109 Å². The van der Waals surface area contributed by atoms with Gasteiger partial charge in [0.15, 0.2) is 11.6 Å². The van der Waals surface area contributed by atoms with Gasteiger partial charge in [0, 0.05) is 24.4 Å². The van der Waals surface area contributed by atoms with Crippen LogP contribution in [0.3, 0.4) is 0 Å². The molecule has 0 aliphatic heterocycles. The molecule has 1 aromatic carbocycles. The van der Waals surface area contributed by atoms with Crippen LogP contribution in [0.5, 0.6) is 5.75 Å². The second kappa shape index (κ2) is 5.26. The molecule has 2 N–H and O–H groups in total. The second-order valence-electron chi connectivity index (χ2n) is 4.47. The van der Waals surface area contributed by atoms with Crippen molar-refractivity contribution in [3.63, 3.8) is 0 Å². The van der Waals surface area contributed by atoms with Crippen LogP contribution in [-0.4, -0.2) is 9.78 Å². The lowest BCUT2D eigenvalue weighted by Crippen LogP contribution is -2.04. The van der Waals surface area contributed by atoms with Crippen LogP contribution in [0.4, 0.5) is 14.5 Å². The molecule has 0 radical (unpaired) electrons. The van der Waals surface area contributed by atoms with Crippen LogP contribution in [-0.2, 0) is 6.61 Å². The number of aromatic nitrogens is 2. The van der Waals surface area contributed by atoms with Gasteiger partial charge in [-0.05, 0) is 19.9 Å². The van der Waals surface area contributed by atoms with Crippen molar-refractivity contribution in [1.82, 2.24) is 9.78 Å². The van der Waals surface area contributed by atoms with E-state index in [1.54, 1.807) is 10.7 Å². The van der Waals surface area contributed by atoms with Crippen molar-refractivity contribution in [1.29, 1.82) is 0 Å². The third-order valence-electron chi connectivity index (χ3n) is 2.62. The van der Waals surface area contributed by atoms with Gasteiger partial charge in [-0.2, -0.15) is 5.10 Å². The number of nitrogens with zero attached hydrogens (tertiary/aromatic N) is 2. The summed E-state index contributed by atoms with van der Waals surface area (Å²) in [4.78, 5) is 0. The van der Waals surface area contributed by atoms with E-state index in [9.17, 15) is 8.78 Å². The van der Waals surface area contributed by atoms with Gasteiger partial charge in [0.05, 0.1) is 11.4 Å². The summed E-state index contributed by atoms with van der Waals surface area (Å²) in [5.41, 5.74) is 5.65. The molecule has 0 aliphatic carbocycles. The molecular weight excluding hydrogens is 252 g/mol. The van der Waals surface area contributed by atoms with Crippen LogP contribution in [0, 0.1) is 11.6 Å². The molecule has 0 aliphatic rings. The Kier molecular flexibility index (Phi) is 3.69. The Morgan fingerprint density at radius 1 is 1.32 bits per heavy atom. The number of ether oxygens (including phenoxy) is 1. The largest absolute Gasteiger partial charge is 0.484 e. The number of nitrogen functional groups attached to an aromatic ring is 1. The summed E-state index contributed by atoms with van der Waals surface area (Å²) in [5, 5.41) is 4.25. The Balaban J connectivity index is 2.07. The Hall–Kier alpha value is -2.11. The Morgan fingerprint density at radius 2 is 2.05 bits per heavy atom. The molecule has 0 fully saturated rings. The first-order chi connectivity index (χ1) is 8.97. The van der Waals surface area contributed by atoms with Crippen LogP contribution >= 0.6 is 0 Å². The lowest BCUT2D eigenvalue weighted by molar-refractivity contribution is 0.282. The molecule has 0 spiro atoms. The second-order valence-corrected chi connectivity index (χ2v) is 4.47. The average molecular weight is 267 g/mol. The van der Waals surface area contributed by atoms with E-state index in [1.807, 2.05) is 20.0 Å². The molecule has 0 unspecified atom stereocenters. The van der Waals surface area contributed by atoms with E-state index in [1.165, 1.54) is 0 Å². The minimum Gasteiger partial charge on any atom is -0.484 e. The summed E-state index contributed by atoms with van der Waals surface area (Å²) >= 11 is 0. The number of hydrogen-bond acceptors (Lipinski definition) is 3. The zero-order valence-corrected chi connectivity index (χ0v) is 10.7. The van der Waals surface area contributed by atoms with Crippen molar-refractivity contribution >= 4 is 5.69 Å². The summed E-state index contributed by atoms with van der Waals surface area (Å²) in [5.74, 6) is -1.57. The van der Waals surface area contributed by atoms with E-state index < -0.39 is 11.6 Å². The van der Waals surface area contributed by atoms with Gasteiger partial charge in [-0.1, -0.05) is 0 Å². The van der Waals surface area contributed by atoms with E-state index in [0.29, 0.717) is 5.69 Å². The summed E-state index contributed by atoms with van der Waals surface area (Å²) in [6, 6.07) is 3.84. The average Bonchev–Trinajstić information content (AvgIpc) is 2.81. The summed E-state index contributed by atoms with van der Waals surface area (Å²) in [6.45, 7) is 4.05. The first kappa shape index (κ1) is 13.3. The van der Waals surface area contributed by atoms with Crippen LogP contribution in [0.2, 0.25) is 0 Å². The van der Waals surface area contributed by atoms with E-state index >= 15 is 0 Å². The summed E-state index contributed by atoms with van der Waals surface area (Å²) in [6.07, 6.45) is 1.81. The van der Waals surface area contributed by atoms with E-state index in [0.717, 1.165) is 12.1 Å². The zero-order valence-electron chi connectivity index (χ0n) is 10.7. The molecule has 4 nitrogen and oxygen atoms in total. The van der Waals surface area contributed by atoms with Crippen LogP contribution in [0.15, 0.2) is 24.4 Å². The highest BCUT2D eigenvalue weighted by Crippen LogP contribution is 2.23. The highest BCUT2D eigenvalue weighted by atomic mass is 19.1. The zero-order chi connectivity index (χ0) is 14.0. The van der Waals surface area contributed by atoms with Crippen LogP contribution < -0.4 is 10.5 Å². The minimum absolute atomic E-state index is 0.0694. The number of halogens is 2. The van der Waals surface area contributed by atoms with E-state index in [-0.39, 0.29) is 24.1 Å². The lowest BCUT2D eigenvalue weighted by atomic mass is 10.3. The van der Waals surface area contributed by atoms with Gasteiger partial charge >= 0.3 is 0 Å². The third kappa shape index (κ3) is 3.01. The predicted octanol–water partition coefficient (Wildman–Crippen LogP) is 2.90. The molecule has 1 heterocycles. The number of benzene rings is 1. The molecule has 0 saturated carbocycles. The maximum atomic E-state index is 13.5. The number of hydrogen-bond donors (Lipinski definition) is 1. The molecule has 6 heteroatoms. The maximum Gasteiger partial charge on any atom is 0.167 e. The molecule has 102 valence electrons. The molecule has 0 atom stereocenters. The normalized spacial score (nSPS) is 11.0. The van der Waals surface area contributed by atoms with Crippen molar-refractivity contribution < 1.29 is 13.5 Å². The lowest BCUT2D eigenvalue weighted by Gasteiger charge is -2.07. The van der Waals surface area contributed by atoms with Crippen LogP contribution in [0.25, 0.3) is 0 Å². The fraction of sp³-hybridized carbons (Fsp3) is 0.308. The fourth-order valence-corrected chi connectivity index (χ4v) is 1.55. The van der Waals surface area contributed by atoms with Crippen molar-refractivity contribution in [2.45, 2.75) is 26.5 Å². The molecule has 2 aromatic rings. The monoisotopic (exact) mass is 267 g/mol. The molecule has 0 amide bonds. The fourth-order valence-electron chi connectivity index (χ4n) is 1.55. The van der Waals surface area contributed by atoms with Gasteiger partial charge in [-0.3, -0.25) is 4.68 Å². The topological polar surface area (TPSA) is 53.1 Å². The van der Waals surface area contributed by atoms with Crippen molar-refractivity contribution in [2.24, 2.45) is 0 Å². The third-order valence-corrected chi connectivity index (χ3v) is 2.62. The van der Waals surface area contributed by atoms with E-state index in [2.05, 4.69) is 5.10 Å². The Morgan fingerprint density at radius 3 is 2.68 bits per heavy atom. The maximum absolute atomic E-state index is 13.5. The Bertz CT molecular complexity index is 581. The number of anilines is 1. The van der Waals surface area contributed by atoms with Gasteiger partial charge in [-0.15, -0.1) is 0 Å². The van der Waals surface area contributed by atoms with E-state index in [4.69, 9.17) is 10.5 Å². The molecule has 2 rings (SSSR count). The van der Waals surface area contributed by atoms with Crippen molar-refractivity contribution in [3.8, 4) is 5.75 Å². The number of rotatable bonds is 4. The van der Waals surface area contributed by atoms with Crippen molar-refractivity contribution in [2.75, 3.05) is 5.73 Å². The van der Waals surface area contributed by atoms with Gasteiger partial charge in [0.25, 0.3) is 0 Å². The van der Waals surface area contributed by atoms with Gasteiger partial charge in [-0.25, -0.2) is 8.78 Å². The quantitative estimate of drug-likeness (QED) is 0.866.